The fourth-order valence-corrected chi connectivity index (χ4v) is 2.52. The van der Waals surface area contributed by atoms with E-state index in [4.69, 9.17) is 0 Å². The van der Waals surface area contributed by atoms with Crippen LogP contribution in [0.3, 0.4) is 0 Å². The van der Waals surface area contributed by atoms with Gasteiger partial charge in [-0.3, -0.25) is 4.57 Å². The lowest BCUT2D eigenvalue weighted by Gasteiger charge is -2.06. The molecule has 4 nitrogen and oxygen atoms in total. The molecule has 0 aliphatic carbocycles. The van der Waals surface area contributed by atoms with Gasteiger partial charge in [-0.1, -0.05) is 30.3 Å². The highest BCUT2D eigenvalue weighted by atomic mass is 15.1. The summed E-state index contributed by atoms with van der Waals surface area (Å²) < 4.78 is 1.91. The molecule has 0 radical (unpaired) electrons. The maximum atomic E-state index is 9.37. The molecule has 0 fully saturated rings. The summed E-state index contributed by atoms with van der Waals surface area (Å²) in [6.07, 6.45) is 1.74. The molecule has 2 aromatic carbocycles. The van der Waals surface area contributed by atoms with E-state index < -0.39 is 0 Å². The molecular formula is C17H10N4. The van der Waals surface area contributed by atoms with Crippen molar-refractivity contribution in [2.75, 3.05) is 0 Å². The van der Waals surface area contributed by atoms with Gasteiger partial charge >= 0.3 is 0 Å². The Hall–Kier alpha value is -3.19. The fourth-order valence-electron chi connectivity index (χ4n) is 2.52. The Labute approximate surface area is 120 Å². The normalized spacial score (nSPS) is 10.8. The van der Waals surface area contributed by atoms with Crippen molar-refractivity contribution in [3.63, 3.8) is 0 Å². The molecular weight excluding hydrogens is 260 g/mol. The van der Waals surface area contributed by atoms with Crippen LogP contribution in [0.1, 0.15) is 5.56 Å². The average molecular weight is 270 g/mol. The van der Waals surface area contributed by atoms with Gasteiger partial charge in [0.2, 0.25) is 0 Å². The van der Waals surface area contributed by atoms with Crippen molar-refractivity contribution < 1.29 is 0 Å². The fraction of sp³-hybridized carbons (Fsp3) is 0. The summed E-state index contributed by atoms with van der Waals surface area (Å²) >= 11 is 0. The molecule has 0 amide bonds. The number of aromatic nitrogens is 3. The Morgan fingerprint density at radius 3 is 2.57 bits per heavy atom. The number of benzene rings is 2. The van der Waals surface area contributed by atoms with E-state index in [1.165, 1.54) is 0 Å². The Bertz CT molecular complexity index is 1010. The van der Waals surface area contributed by atoms with Gasteiger partial charge in [0.05, 0.1) is 28.2 Å². The molecule has 4 heteroatoms. The summed E-state index contributed by atoms with van der Waals surface area (Å²) in [5.41, 5.74) is 3.31. The van der Waals surface area contributed by atoms with Crippen LogP contribution in [0.4, 0.5) is 0 Å². The van der Waals surface area contributed by atoms with E-state index in [-0.39, 0.29) is 0 Å². The van der Waals surface area contributed by atoms with E-state index in [1.54, 1.807) is 12.4 Å². The van der Waals surface area contributed by atoms with Crippen molar-refractivity contribution in [2.45, 2.75) is 0 Å². The highest BCUT2D eigenvalue weighted by Gasteiger charge is 2.09. The Balaban J connectivity index is 2.05. The van der Waals surface area contributed by atoms with E-state index in [9.17, 15) is 5.26 Å². The SMILES string of the molecule is N#Cc1cc(-n2cnc3ccccc32)nc2ccccc12. The number of pyridine rings is 1. The van der Waals surface area contributed by atoms with Gasteiger partial charge in [0.15, 0.2) is 0 Å². The van der Waals surface area contributed by atoms with Crippen LogP contribution in [0.25, 0.3) is 27.8 Å². The molecule has 2 heterocycles. The topological polar surface area (TPSA) is 54.5 Å². The number of rotatable bonds is 1. The summed E-state index contributed by atoms with van der Waals surface area (Å²) in [7, 11) is 0. The van der Waals surface area contributed by atoms with Gasteiger partial charge in [0.25, 0.3) is 0 Å². The minimum Gasteiger partial charge on any atom is -0.283 e. The summed E-state index contributed by atoms with van der Waals surface area (Å²) in [6.45, 7) is 0. The van der Waals surface area contributed by atoms with Crippen LogP contribution in [0, 0.1) is 11.3 Å². The minimum absolute atomic E-state index is 0.619. The van der Waals surface area contributed by atoms with Crippen molar-refractivity contribution in [3.8, 4) is 11.9 Å². The molecule has 98 valence electrons. The highest BCUT2D eigenvalue weighted by molar-refractivity contribution is 5.86. The molecule has 0 aliphatic rings. The molecule has 0 aliphatic heterocycles. The first-order valence-electron chi connectivity index (χ1n) is 6.59. The predicted octanol–water partition coefficient (Wildman–Crippen LogP) is 3.45. The molecule has 0 spiro atoms. The number of imidazole rings is 1. The second-order valence-corrected chi connectivity index (χ2v) is 4.76. The second-order valence-electron chi connectivity index (χ2n) is 4.76. The van der Waals surface area contributed by atoms with E-state index in [0.29, 0.717) is 11.4 Å². The molecule has 0 atom stereocenters. The van der Waals surface area contributed by atoms with Gasteiger partial charge in [-0.2, -0.15) is 5.26 Å². The number of fused-ring (bicyclic) bond motifs is 2. The van der Waals surface area contributed by atoms with Crippen molar-refractivity contribution in [3.05, 3.63) is 66.5 Å². The van der Waals surface area contributed by atoms with Crippen molar-refractivity contribution in [1.29, 1.82) is 5.26 Å². The first kappa shape index (κ1) is 11.6. The summed E-state index contributed by atoms with van der Waals surface area (Å²) in [6, 6.07) is 19.6. The van der Waals surface area contributed by atoms with Crippen LogP contribution in [0.15, 0.2) is 60.9 Å². The lowest BCUT2D eigenvalue weighted by Crippen LogP contribution is -1.97. The average Bonchev–Trinajstić information content (AvgIpc) is 2.98. The molecule has 2 aromatic heterocycles. The third-order valence-electron chi connectivity index (χ3n) is 3.52. The third kappa shape index (κ3) is 1.76. The zero-order valence-electron chi connectivity index (χ0n) is 11.1. The number of hydrogen-bond acceptors (Lipinski definition) is 3. The third-order valence-corrected chi connectivity index (χ3v) is 3.52. The number of nitrogens with zero attached hydrogens (tertiary/aromatic N) is 4. The van der Waals surface area contributed by atoms with Crippen molar-refractivity contribution in [1.82, 2.24) is 14.5 Å². The predicted molar refractivity (Wildman–Crippen MR) is 81.1 cm³/mol. The van der Waals surface area contributed by atoms with E-state index >= 15 is 0 Å². The van der Waals surface area contributed by atoms with Gasteiger partial charge in [0, 0.05) is 5.39 Å². The molecule has 4 rings (SSSR count). The standard InChI is InChI=1S/C17H10N4/c18-10-12-9-17(20-14-6-2-1-5-13(12)14)21-11-19-15-7-3-4-8-16(15)21/h1-9,11H. The molecule has 0 saturated heterocycles. The largest absolute Gasteiger partial charge is 0.283 e. The summed E-state index contributed by atoms with van der Waals surface area (Å²) in [5, 5.41) is 10.2. The maximum Gasteiger partial charge on any atom is 0.140 e. The molecule has 21 heavy (non-hydrogen) atoms. The zero-order valence-corrected chi connectivity index (χ0v) is 11.1. The first-order chi connectivity index (χ1) is 10.4. The van der Waals surface area contributed by atoms with E-state index in [0.717, 1.165) is 21.9 Å². The Morgan fingerprint density at radius 2 is 1.71 bits per heavy atom. The van der Waals surface area contributed by atoms with Crippen LogP contribution in [-0.4, -0.2) is 14.5 Å². The van der Waals surface area contributed by atoms with Crippen LogP contribution < -0.4 is 0 Å². The quantitative estimate of drug-likeness (QED) is 0.532. The van der Waals surface area contributed by atoms with Crippen LogP contribution >= 0.6 is 0 Å². The van der Waals surface area contributed by atoms with Gasteiger partial charge in [0.1, 0.15) is 12.1 Å². The van der Waals surface area contributed by atoms with Gasteiger partial charge in [-0.05, 0) is 24.3 Å². The molecule has 0 bridgehead atoms. The zero-order chi connectivity index (χ0) is 14.2. The Kier molecular flexibility index (Phi) is 2.45. The van der Waals surface area contributed by atoms with E-state index in [2.05, 4.69) is 16.0 Å². The van der Waals surface area contributed by atoms with Crippen LogP contribution in [-0.2, 0) is 0 Å². The maximum absolute atomic E-state index is 9.37. The minimum atomic E-state index is 0.619. The second kappa shape index (κ2) is 4.43. The lowest BCUT2D eigenvalue weighted by atomic mass is 10.1. The molecule has 0 N–H and O–H groups in total. The summed E-state index contributed by atoms with van der Waals surface area (Å²) in [4.78, 5) is 9.02. The van der Waals surface area contributed by atoms with Gasteiger partial charge in [-0.25, -0.2) is 9.97 Å². The number of para-hydroxylation sites is 3. The van der Waals surface area contributed by atoms with Crippen LogP contribution in [0.5, 0.6) is 0 Å². The first-order valence-corrected chi connectivity index (χ1v) is 6.59. The van der Waals surface area contributed by atoms with Crippen LogP contribution in [0.2, 0.25) is 0 Å². The lowest BCUT2D eigenvalue weighted by molar-refractivity contribution is 1.04. The summed E-state index contributed by atoms with van der Waals surface area (Å²) in [5.74, 6) is 0.707. The Morgan fingerprint density at radius 1 is 0.952 bits per heavy atom. The molecule has 4 aromatic rings. The number of nitriles is 1. The monoisotopic (exact) mass is 270 g/mol. The van der Waals surface area contributed by atoms with Crippen molar-refractivity contribution in [2.24, 2.45) is 0 Å². The van der Waals surface area contributed by atoms with Crippen molar-refractivity contribution >= 4 is 21.9 Å². The smallest absolute Gasteiger partial charge is 0.140 e. The van der Waals surface area contributed by atoms with Gasteiger partial charge < -0.3 is 0 Å². The molecule has 0 saturated carbocycles. The number of hydrogen-bond donors (Lipinski definition) is 0. The van der Waals surface area contributed by atoms with E-state index in [1.807, 2.05) is 53.1 Å². The van der Waals surface area contributed by atoms with Gasteiger partial charge in [-0.15, -0.1) is 0 Å². The highest BCUT2D eigenvalue weighted by Crippen LogP contribution is 2.22. The molecule has 0 unspecified atom stereocenters.